The molecule has 0 amide bonds. The summed E-state index contributed by atoms with van der Waals surface area (Å²) in [7, 11) is 6.61. The molecule has 0 saturated carbocycles. The largest absolute Gasteiger partial charge is 0.493 e. The maximum atomic E-state index is 12.8. The molecule has 9 heteroatoms. The number of likely N-dealkylation sites (N-methyl/N-ethyl adjacent to an activating group) is 1. The highest BCUT2D eigenvalue weighted by atomic mass is 32.2. The third-order valence-electron chi connectivity index (χ3n) is 5.89. The first-order valence-electron chi connectivity index (χ1n) is 10.6. The van der Waals surface area contributed by atoms with Crippen molar-refractivity contribution in [3.05, 3.63) is 53.7 Å². The Morgan fingerprint density at radius 2 is 1.76 bits per heavy atom. The topological polar surface area (TPSA) is 86.9 Å². The third-order valence-corrected chi connectivity index (χ3v) is 6.73. The van der Waals surface area contributed by atoms with E-state index in [1.54, 1.807) is 18.2 Å². The van der Waals surface area contributed by atoms with Crippen molar-refractivity contribution in [1.82, 2.24) is 10.2 Å². The number of para-hydroxylation sites is 1. The van der Waals surface area contributed by atoms with Gasteiger partial charge in [-0.2, -0.15) is 0 Å². The molecular weight excluding hydrogens is 454 g/mol. The van der Waals surface area contributed by atoms with Crippen molar-refractivity contribution < 1.29 is 23.4 Å². The highest BCUT2D eigenvalue weighted by Crippen LogP contribution is 2.46. The smallest absolute Gasteiger partial charge is 0.277 e. The minimum Gasteiger partial charge on any atom is -0.493 e. The van der Waals surface area contributed by atoms with E-state index in [0.29, 0.717) is 33.9 Å². The molecule has 1 aliphatic rings. The van der Waals surface area contributed by atoms with Crippen molar-refractivity contribution in [1.29, 1.82) is 0 Å². The van der Waals surface area contributed by atoms with Crippen molar-refractivity contribution in [2.45, 2.75) is 24.5 Å². The fourth-order valence-electron chi connectivity index (χ4n) is 4.18. The van der Waals surface area contributed by atoms with Crippen LogP contribution in [0.15, 0.2) is 57.8 Å². The van der Waals surface area contributed by atoms with Crippen LogP contribution in [0.1, 0.15) is 19.4 Å². The van der Waals surface area contributed by atoms with Gasteiger partial charge in [-0.3, -0.25) is 4.79 Å². The Morgan fingerprint density at radius 1 is 1.09 bits per heavy atom. The number of allylic oxidation sites excluding steroid dienone is 2. The van der Waals surface area contributed by atoms with Crippen LogP contribution in [0.25, 0.3) is 11.5 Å². The summed E-state index contributed by atoms with van der Waals surface area (Å²) in [4.78, 5) is 14.9. The molecule has 0 spiro atoms. The molecule has 0 saturated heterocycles. The first-order valence-corrected chi connectivity index (χ1v) is 11.6. The van der Waals surface area contributed by atoms with Crippen molar-refractivity contribution >= 4 is 23.2 Å². The van der Waals surface area contributed by atoms with E-state index in [4.69, 9.17) is 18.6 Å². The van der Waals surface area contributed by atoms with Crippen LogP contribution in [0.4, 0.5) is 5.69 Å². The molecule has 3 aromatic rings. The lowest BCUT2D eigenvalue weighted by atomic mass is 9.83. The van der Waals surface area contributed by atoms with Crippen molar-refractivity contribution in [2.24, 2.45) is 0 Å². The second-order valence-electron chi connectivity index (χ2n) is 8.27. The zero-order chi connectivity index (χ0) is 24.5. The number of benzene rings is 2. The average Bonchev–Trinajstić information content (AvgIpc) is 3.39. The number of ketones is 1. The molecule has 1 aliphatic heterocycles. The number of hydrogen-bond donors (Lipinski definition) is 0. The monoisotopic (exact) mass is 481 g/mol. The first-order chi connectivity index (χ1) is 16.3. The minimum absolute atomic E-state index is 0.0275. The van der Waals surface area contributed by atoms with Gasteiger partial charge in [-0.1, -0.05) is 43.8 Å². The second kappa shape index (κ2) is 9.42. The van der Waals surface area contributed by atoms with Gasteiger partial charge in [0.2, 0.25) is 11.6 Å². The Kier molecular flexibility index (Phi) is 6.56. The van der Waals surface area contributed by atoms with Crippen LogP contribution in [-0.2, 0) is 10.2 Å². The Balaban J connectivity index is 1.49. The van der Waals surface area contributed by atoms with Gasteiger partial charge in [0.1, 0.15) is 0 Å². The van der Waals surface area contributed by atoms with Gasteiger partial charge >= 0.3 is 0 Å². The number of anilines is 1. The molecule has 0 unspecified atom stereocenters. The lowest BCUT2D eigenvalue weighted by Gasteiger charge is -2.23. The van der Waals surface area contributed by atoms with E-state index in [0.717, 1.165) is 11.4 Å². The van der Waals surface area contributed by atoms with E-state index < -0.39 is 0 Å². The van der Waals surface area contributed by atoms with Gasteiger partial charge in [-0.05, 0) is 23.8 Å². The molecule has 8 nitrogen and oxygen atoms in total. The number of nitrogens with zero attached hydrogens (tertiary/aromatic N) is 3. The van der Waals surface area contributed by atoms with Crippen LogP contribution in [0.3, 0.4) is 0 Å². The van der Waals surface area contributed by atoms with E-state index in [2.05, 4.69) is 41.1 Å². The van der Waals surface area contributed by atoms with Crippen molar-refractivity contribution in [3.63, 3.8) is 0 Å². The zero-order valence-electron chi connectivity index (χ0n) is 20.0. The highest BCUT2D eigenvalue weighted by Gasteiger charge is 2.38. The minimum atomic E-state index is -0.254. The van der Waals surface area contributed by atoms with E-state index >= 15 is 0 Å². The lowest BCUT2D eigenvalue weighted by Crippen LogP contribution is -2.24. The van der Waals surface area contributed by atoms with E-state index in [-0.39, 0.29) is 17.0 Å². The van der Waals surface area contributed by atoms with Crippen LogP contribution < -0.4 is 19.1 Å². The van der Waals surface area contributed by atoms with Gasteiger partial charge < -0.3 is 23.5 Å². The van der Waals surface area contributed by atoms with Crippen LogP contribution in [0.5, 0.6) is 17.2 Å². The van der Waals surface area contributed by atoms with Crippen LogP contribution in [0.2, 0.25) is 0 Å². The predicted octanol–water partition coefficient (Wildman–Crippen LogP) is 4.74. The number of carbonyl (C=O) groups excluding carboxylic acids is 1. The molecule has 0 radical (unpaired) electrons. The summed E-state index contributed by atoms with van der Waals surface area (Å²) in [5.41, 5.74) is 3.65. The zero-order valence-corrected chi connectivity index (χ0v) is 20.9. The fourth-order valence-corrected chi connectivity index (χ4v) is 4.76. The summed E-state index contributed by atoms with van der Waals surface area (Å²) in [5, 5.41) is 8.49. The maximum absolute atomic E-state index is 12.8. The first kappa shape index (κ1) is 23.7. The normalized spacial score (nSPS) is 15.4. The number of ether oxygens (including phenoxy) is 3. The molecule has 2 aromatic carbocycles. The highest BCUT2D eigenvalue weighted by molar-refractivity contribution is 7.99. The van der Waals surface area contributed by atoms with E-state index in [1.807, 2.05) is 19.2 Å². The number of methoxy groups -OCH3 is 3. The standard InChI is InChI=1S/C25H27N3O5S/c1-25(2)17-9-7-8-10-18(17)28(3)21(25)13-16(29)14-34-24-27-26-23(33-24)15-11-19(30-4)22(32-6)20(12-15)31-5/h7-13H,14H2,1-6H3/b21-13-. The third kappa shape index (κ3) is 4.23. The van der Waals surface area contributed by atoms with Crippen LogP contribution >= 0.6 is 11.8 Å². The van der Waals surface area contributed by atoms with Gasteiger partial charge in [0.15, 0.2) is 17.3 Å². The molecule has 1 aromatic heterocycles. The maximum Gasteiger partial charge on any atom is 0.277 e. The molecule has 178 valence electrons. The Bertz CT molecular complexity index is 1230. The number of fused-ring (bicyclic) bond motifs is 1. The van der Waals surface area contributed by atoms with Crippen LogP contribution in [-0.4, -0.2) is 50.1 Å². The summed E-state index contributed by atoms with van der Waals surface area (Å²) < 4.78 is 21.9. The average molecular weight is 482 g/mol. The second-order valence-corrected chi connectivity index (χ2v) is 9.20. The summed E-state index contributed by atoms with van der Waals surface area (Å²) in [6.07, 6.45) is 1.71. The number of thioether (sulfide) groups is 1. The molecule has 0 fully saturated rings. The molecule has 0 aliphatic carbocycles. The molecule has 2 heterocycles. The number of hydrogen-bond acceptors (Lipinski definition) is 9. The molecular formula is C25H27N3O5S. The number of aromatic nitrogens is 2. The van der Waals surface area contributed by atoms with Gasteiger partial charge in [-0.15, -0.1) is 10.2 Å². The summed E-state index contributed by atoms with van der Waals surface area (Å²) in [5.74, 6) is 1.88. The van der Waals surface area contributed by atoms with Crippen molar-refractivity contribution in [2.75, 3.05) is 39.0 Å². The Hall–Kier alpha value is -3.46. The summed E-state index contributed by atoms with van der Waals surface area (Å²) in [6.45, 7) is 4.26. The van der Waals surface area contributed by atoms with Gasteiger partial charge in [0.25, 0.3) is 5.22 Å². The molecule has 34 heavy (non-hydrogen) atoms. The number of carbonyl (C=O) groups is 1. The Morgan fingerprint density at radius 3 is 2.38 bits per heavy atom. The van der Waals surface area contributed by atoms with Gasteiger partial charge in [0.05, 0.1) is 27.1 Å². The van der Waals surface area contributed by atoms with E-state index in [1.165, 1.54) is 38.7 Å². The van der Waals surface area contributed by atoms with Crippen LogP contribution in [0, 0.1) is 0 Å². The summed E-state index contributed by atoms with van der Waals surface area (Å²) >= 11 is 1.20. The molecule has 0 N–H and O–H groups in total. The molecule has 0 bridgehead atoms. The van der Waals surface area contributed by atoms with Gasteiger partial charge in [-0.25, -0.2) is 0 Å². The predicted molar refractivity (Wildman–Crippen MR) is 131 cm³/mol. The molecule has 4 rings (SSSR count). The SMILES string of the molecule is COc1cc(-c2nnc(SCC(=O)/C=C3\N(C)c4ccccc4C3(C)C)o2)cc(OC)c1OC. The van der Waals surface area contributed by atoms with Gasteiger partial charge in [0, 0.05) is 35.5 Å². The fraction of sp³-hybridized carbons (Fsp3) is 0.320. The Labute approximate surface area is 202 Å². The summed E-state index contributed by atoms with van der Waals surface area (Å²) in [6, 6.07) is 11.7. The number of rotatable bonds is 8. The van der Waals surface area contributed by atoms with Crippen molar-refractivity contribution in [3.8, 4) is 28.7 Å². The lowest BCUT2D eigenvalue weighted by molar-refractivity contribution is -0.112. The molecule has 0 atom stereocenters. The van der Waals surface area contributed by atoms with E-state index in [9.17, 15) is 4.79 Å². The quantitative estimate of drug-likeness (QED) is 0.334.